The minimum absolute atomic E-state index is 0.680. The van der Waals surface area contributed by atoms with E-state index in [0.29, 0.717) is 5.95 Å². The summed E-state index contributed by atoms with van der Waals surface area (Å²) in [5.41, 5.74) is 5.20. The highest BCUT2D eigenvalue weighted by molar-refractivity contribution is 7.25. The van der Waals surface area contributed by atoms with E-state index >= 15 is 0 Å². The standard InChI is InChI=1S/C40H23N3S/c1-2-11-25-21-36-32(20-24(25)10-1)27-13-4-7-18-35(27)43(36)40-41-34-17-6-3-15-30(34)39(42-40)29-16-9-12-26-22-38-33(23-31(26)29)28-14-5-8-19-37(28)44-38/h1-23H. The van der Waals surface area contributed by atoms with Gasteiger partial charge in [-0.3, -0.25) is 4.57 Å². The Morgan fingerprint density at radius 1 is 0.432 bits per heavy atom. The Bertz CT molecular complexity index is 2790. The van der Waals surface area contributed by atoms with Crippen LogP contribution in [0.3, 0.4) is 0 Å². The van der Waals surface area contributed by atoms with Gasteiger partial charge in [-0.15, -0.1) is 11.3 Å². The number of para-hydroxylation sites is 2. The van der Waals surface area contributed by atoms with Crippen molar-refractivity contribution in [3.05, 3.63) is 140 Å². The van der Waals surface area contributed by atoms with E-state index in [2.05, 4.69) is 144 Å². The predicted octanol–water partition coefficient (Wildman–Crippen LogP) is 11.1. The minimum Gasteiger partial charge on any atom is -0.278 e. The van der Waals surface area contributed by atoms with Crippen molar-refractivity contribution in [2.75, 3.05) is 0 Å². The Labute approximate surface area is 256 Å². The molecule has 0 atom stereocenters. The molecule has 10 aromatic rings. The van der Waals surface area contributed by atoms with Crippen molar-refractivity contribution in [2.24, 2.45) is 0 Å². The van der Waals surface area contributed by atoms with Crippen LogP contribution in [0.5, 0.6) is 0 Å². The summed E-state index contributed by atoms with van der Waals surface area (Å²) in [5.74, 6) is 0.680. The first-order chi connectivity index (χ1) is 21.8. The van der Waals surface area contributed by atoms with E-state index in [1.807, 2.05) is 11.3 Å². The molecule has 7 aromatic carbocycles. The summed E-state index contributed by atoms with van der Waals surface area (Å²) < 4.78 is 4.86. The fraction of sp³-hybridized carbons (Fsp3) is 0. The maximum absolute atomic E-state index is 5.43. The first kappa shape index (κ1) is 23.9. The lowest BCUT2D eigenvalue weighted by molar-refractivity contribution is 1.01. The van der Waals surface area contributed by atoms with Crippen LogP contribution >= 0.6 is 11.3 Å². The number of benzene rings is 7. The van der Waals surface area contributed by atoms with E-state index in [1.165, 1.54) is 52.5 Å². The van der Waals surface area contributed by atoms with E-state index in [9.17, 15) is 0 Å². The lowest BCUT2D eigenvalue weighted by Gasteiger charge is -2.13. The Kier molecular flexibility index (Phi) is 4.87. The lowest BCUT2D eigenvalue weighted by atomic mass is 9.97. The quantitative estimate of drug-likeness (QED) is 0.205. The van der Waals surface area contributed by atoms with Crippen LogP contribution in [0.15, 0.2) is 140 Å². The molecule has 3 nitrogen and oxygen atoms in total. The molecule has 0 aliphatic heterocycles. The van der Waals surface area contributed by atoms with Gasteiger partial charge in [0.15, 0.2) is 0 Å². The predicted molar refractivity (Wildman–Crippen MR) is 187 cm³/mol. The molecule has 0 spiro atoms. The van der Waals surface area contributed by atoms with E-state index < -0.39 is 0 Å². The smallest absolute Gasteiger partial charge is 0.235 e. The molecule has 0 aliphatic carbocycles. The van der Waals surface area contributed by atoms with Crippen molar-refractivity contribution >= 4 is 85.8 Å². The third-order valence-electron chi connectivity index (χ3n) is 8.96. The van der Waals surface area contributed by atoms with Gasteiger partial charge in [-0.25, -0.2) is 9.97 Å². The number of fused-ring (bicyclic) bond motifs is 9. The van der Waals surface area contributed by atoms with E-state index in [-0.39, 0.29) is 0 Å². The van der Waals surface area contributed by atoms with Crippen molar-refractivity contribution in [1.82, 2.24) is 14.5 Å². The highest BCUT2D eigenvalue weighted by Crippen LogP contribution is 2.41. The van der Waals surface area contributed by atoms with Crippen molar-refractivity contribution in [3.8, 4) is 17.2 Å². The molecule has 204 valence electrons. The van der Waals surface area contributed by atoms with Crippen LogP contribution in [-0.4, -0.2) is 14.5 Å². The molecule has 0 unspecified atom stereocenters. The van der Waals surface area contributed by atoms with Gasteiger partial charge in [0.2, 0.25) is 5.95 Å². The second-order valence-electron chi connectivity index (χ2n) is 11.4. The maximum atomic E-state index is 5.43. The Hall–Kier alpha value is -5.58. The third kappa shape index (κ3) is 3.37. The van der Waals surface area contributed by atoms with E-state index in [0.717, 1.165) is 33.2 Å². The lowest BCUT2D eigenvalue weighted by Crippen LogP contribution is -2.03. The molecule has 0 saturated carbocycles. The Morgan fingerprint density at radius 2 is 1.16 bits per heavy atom. The van der Waals surface area contributed by atoms with Crippen LogP contribution < -0.4 is 0 Å². The highest BCUT2D eigenvalue weighted by atomic mass is 32.1. The highest BCUT2D eigenvalue weighted by Gasteiger charge is 2.19. The molecule has 4 heteroatoms. The molecular formula is C40H23N3S. The fourth-order valence-electron chi connectivity index (χ4n) is 6.94. The van der Waals surface area contributed by atoms with Crippen molar-refractivity contribution in [3.63, 3.8) is 0 Å². The average molecular weight is 578 g/mol. The summed E-state index contributed by atoms with van der Waals surface area (Å²) in [6.45, 7) is 0. The second kappa shape index (κ2) is 8.96. The minimum atomic E-state index is 0.680. The van der Waals surface area contributed by atoms with Crippen LogP contribution in [0.25, 0.3) is 91.6 Å². The maximum Gasteiger partial charge on any atom is 0.235 e. The monoisotopic (exact) mass is 577 g/mol. The van der Waals surface area contributed by atoms with Crippen molar-refractivity contribution < 1.29 is 0 Å². The second-order valence-corrected chi connectivity index (χ2v) is 12.5. The number of rotatable bonds is 2. The van der Waals surface area contributed by atoms with Gasteiger partial charge in [0.25, 0.3) is 0 Å². The zero-order valence-electron chi connectivity index (χ0n) is 23.5. The first-order valence-corrected chi connectivity index (χ1v) is 15.7. The third-order valence-corrected chi connectivity index (χ3v) is 10.1. The zero-order chi connectivity index (χ0) is 28.8. The normalized spacial score (nSPS) is 12.1. The summed E-state index contributed by atoms with van der Waals surface area (Å²) in [5, 5.41) is 10.9. The number of aromatic nitrogens is 3. The van der Waals surface area contributed by atoms with Gasteiger partial charge in [0.1, 0.15) is 0 Å². The van der Waals surface area contributed by atoms with Gasteiger partial charge < -0.3 is 0 Å². The van der Waals surface area contributed by atoms with Gasteiger partial charge in [0, 0.05) is 41.9 Å². The molecule has 44 heavy (non-hydrogen) atoms. The van der Waals surface area contributed by atoms with Crippen LogP contribution in [-0.2, 0) is 0 Å². The van der Waals surface area contributed by atoms with Crippen molar-refractivity contribution in [2.45, 2.75) is 0 Å². The van der Waals surface area contributed by atoms with Crippen LogP contribution in [0.1, 0.15) is 0 Å². The Balaban J connectivity index is 1.31. The van der Waals surface area contributed by atoms with Crippen LogP contribution in [0.2, 0.25) is 0 Å². The number of hydrogen-bond acceptors (Lipinski definition) is 3. The largest absolute Gasteiger partial charge is 0.278 e. The molecule has 0 saturated heterocycles. The molecule has 0 amide bonds. The number of nitrogens with zero attached hydrogens (tertiary/aromatic N) is 3. The molecule has 0 bridgehead atoms. The summed E-state index contributed by atoms with van der Waals surface area (Å²) in [6.07, 6.45) is 0. The summed E-state index contributed by atoms with van der Waals surface area (Å²) in [4.78, 5) is 10.6. The first-order valence-electron chi connectivity index (χ1n) is 14.8. The zero-order valence-corrected chi connectivity index (χ0v) is 24.3. The SMILES string of the molecule is c1ccc2cc3c(cc2c1)c1ccccc1n3-c1nc(-c2cccc3cc4sc5ccccc5c4cc23)c2ccccc2n1. The van der Waals surface area contributed by atoms with Gasteiger partial charge in [0.05, 0.1) is 22.2 Å². The molecule has 0 aliphatic rings. The molecule has 3 aromatic heterocycles. The summed E-state index contributed by atoms with van der Waals surface area (Å²) >= 11 is 1.86. The van der Waals surface area contributed by atoms with Gasteiger partial charge in [-0.2, -0.15) is 0 Å². The van der Waals surface area contributed by atoms with Crippen LogP contribution in [0.4, 0.5) is 0 Å². The van der Waals surface area contributed by atoms with Crippen molar-refractivity contribution in [1.29, 1.82) is 0 Å². The molecule has 0 fully saturated rings. The summed E-state index contributed by atoms with van der Waals surface area (Å²) in [7, 11) is 0. The number of thiophene rings is 1. The van der Waals surface area contributed by atoms with E-state index in [1.54, 1.807) is 0 Å². The summed E-state index contributed by atoms with van der Waals surface area (Å²) in [6, 6.07) is 50.1. The number of hydrogen-bond donors (Lipinski definition) is 0. The topological polar surface area (TPSA) is 30.7 Å². The Morgan fingerprint density at radius 3 is 2.07 bits per heavy atom. The molecule has 10 rings (SSSR count). The van der Waals surface area contributed by atoms with Gasteiger partial charge in [-0.1, -0.05) is 97.1 Å². The average Bonchev–Trinajstić information content (AvgIpc) is 3.60. The van der Waals surface area contributed by atoms with Crippen LogP contribution in [0, 0.1) is 0 Å². The van der Waals surface area contributed by atoms with Gasteiger partial charge >= 0.3 is 0 Å². The fourth-order valence-corrected chi connectivity index (χ4v) is 8.08. The molecule has 3 heterocycles. The molecule has 0 N–H and O–H groups in total. The van der Waals surface area contributed by atoms with Gasteiger partial charge in [-0.05, 0) is 64.0 Å². The van der Waals surface area contributed by atoms with E-state index in [4.69, 9.17) is 9.97 Å². The molecule has 0 radical (unpaired) electrons. The molecular weight excluding hydrogens is 555 g/mol.